The minimum Gasteiger partial charge on any atom is -0.366 e. The summed E-state index contributed by atoms with van der Waals surface area (Å²) in [6.45, 7) is 12.8. The van der Waals surface area contributed by atoms with E-state index in [9.17, 15) is 14.4 Å². The molecular weight excluding hydrogens is 492 g/mol. The van der Waals surface area contributed by atoms with Crippen LogP contribution in [0.4, 0.5) is 0 Å². The maximum Gasteiger partial charge on any atom is 0.254 e. The first-order valence-corrected chi connectivity index (χ1v) is 14.3. The Hall–Kier alpha value is -2.97. The van der Waals surface area contributed by atoms with Crippen LogP contribution in [0.5, 0.6) is 0 Å². The summed E-state index contributed by atoms with van der Waals surface area (Å²) in [5, 5.41) is 11.6. The SMILES string of the molecule is CCOC(C)(C)C(=O)N1CCCC1C(=O)N[C@H](Cc1ccc2ccccc2c1)C(=O)NCCCNCC(C)C. The fourth-order valence-corrected chi connectivity index (χ4v) is 5.07. The van der Waals surface area contributed by atoms with Crippen molar-refractivity contribution in [2.24, 2.45) is 5.92 Å². The Bertz CT molecular complexity index is 1120. The minimum atomic E-state index is -1.01. The van der Waals surface area contributed by atoms with Gasteiger partial charge in [-0.25, -0.2) is 0 Å². The smallest absolute Gasteiger partial charge is 0.254 e. The van der Waals surface area contributed by atoms with Gasteiger partial charge in [0.05, 0.1) is 0 Å². The molecule has 8 heteroatoms. The molecule has 0 saturated carbocycles. The minimum absolute atomic E-state index is 0.202. The van der Waals surface area contributed by atoms with Crippen molar-refractivity contribution in [2.45, 2.75) is 78.0 Å². The number of hydrogen-bond donors (Lipinski definition) is 3. The van der Waals surface area contributed by atoms with Gasteiger partial charge in [0.15, 0.2) is 0 Å². The van der Waals surface area contributed by atoms with E-state index >= 15 is 0 Å². The Morgan fingerprint density at radius 2 is 1.82 bits per heavy atom. The van der Waals surface area contributed by atoms with Gasteiger partial charge in [0.25, 0.3) is 5.91 Å². The van der Waals surface area contributed by atoms with Gasteiger partial charge in [0.1, 0.15) is 17.7 Å². The first kappa shape index (κ1) is 30.6. The van der Waals surface area contributed by atoms with Crippen LogP contribution in [0, 0.1) is 5.92 Å². The van der Waals surface area contributed by atoms with E-state index in [-0.39, 0.29) is 17.7 Å². The van der Waals surface area contributed by atoms with E-state index in [0.29, 0.717) is 38.5 Å². The number of ether oxygens (including phenoxy) is 1. The highest BCUT2D eigenvalue weighted by molar-refractivity contribution is 5.94. The van der Waals surface area contributed by atoms with E-state index in [1.165, 1.54) is 0 Å². The molecule has 2 aromatic carbocycles. The highest BCUT2D eigenvalue weighted by Gasteiger charge is 2.41. The molecule has 0 bridgehead atoms. The van der Waals surface area contributed by atoms with Crippen molar-refractivity contribution >= 4 is 28.5 Å². The summed E-state index contributed by atoms with van der Waals surface area (Å²) in [5.41, 5.74) is -0.0482. The Morgan fingerprint density at radius 3 is 2.54 bits per heavy atom. The number of likely N-dealkylation sites (tertiary alicyclic amines) is 1. The molecule has 3 N–H and O–H groups in total. The van der Waals surface area contributed by atoms with Crippen molar-refractivity contribution < 1.29 is 19.1 Å². The van der Waals surface area contributed by atoms with Gasteiger partial charge in [0, 0.05) is 26.1 Å². The number of amides is 3. The molecule has 2 aromatic rings. The van der Waals surface area contributed by atoms with E-state index < -0.39 is 17.7 Å². The van der Waals surface area contributed by atoms with Crippen molar-refractivity contribution in [1.82, 2.24) is 20.9 Å². The van der Waals surface area contributed by atoms with Crippen LogP contribution in [0.2, 0.25) is 0 Å². The Kier molecular flexibility index (Phi) is 11.3. The number of rotatable bonds is 14. The van der Waals surface area contributed by atoms with E-state index in [4.69, 9.17) is 4.74 Å². The van der Waals surface area contributed by atoms with Crippen LogP contribution in [0.15, 0.2) is 42.5 Å². The topological polar surface area (TPSA) is 99.8 Å². The maximum atomic E-state index is 13.5. The number of hydrogen-bond acceptors (Lipinski definition) is 5. The second-order valence-corrected chi connectivity index (χ2v) is 11.3. The van der Waals surface area contributed by atoms with Gasteiger partial charge in [-0.15, -0.1) is 0 Å². The quantitative estimate of drug-likeness (QED) is 0.320. The number of carbonyl (C=O) groups is 3. The fraction of sp³-hybridized carbons (Fsp3) is 0.581. The van der Waals surface area contributed by atoms with Crippen molar-refractivity contribution in [3.63, 3.8) is 0 Å². The van der Waals surface area contributed by atoms with E-state index in [2.05, 4.69) is 35.9 Å². The highest BCUT2D eigenvalue weighted by atomic mass is 16.5. The van der Waals surface area contributed by atoms with Crippen molar-refractivity contribution in [1.29, 1.82) is 0 Å². The van der Waals surface area contributed by atoms with Gasteiger partial charge in [0.2, 0.25) is 11.8 Å². The number of fused-ring (bicyclic) bond motifs is 1. The number of nitrogens with zero attached hydrogens (tertiary/aromatic N) is 1. The third-order valence-corrected chi connectivity index (χ3v) is 7.11. The average Bonchev–Trinajstić information content (AvgIpc) is 3.39. The predicted molar refractivity (Wildman–Crippen MR) is 155 cm³/mol. The zero-order chi connectivity index (χ0) is 28.4. The molecule has 8 nitrogen and oxygen atoms in total. The molecule has 1 heterocycles. The van der Waals surface area contributed by atoms with Crippen molar-refractivity contribution in [3.8, 4) is 0 Å². The van der Waals surface area contributed by atoms with Crippen LogP contribution in [0.1, 0.15) is 59.4 Å². The summed E-state index contributed by atoms with van der Waals surface area (Å²) in [4.78, 5) is 41.6. The molecule has 3 amide bonds. The highest BCUT2D eigenvalue weighted by Crippen LogP contribution is 2.24. The fourth-order valence-electron chi connectivity index (χ4n) is 5.07. The normalized spacial score (nSPS) is 16.5. The number of benzene rings is 2. The molecular formula is C31H46N4O4. The molecule has 1 aliphatic rings. The van der Waals surface area contributed by atoms with Crippen LogP contribution in [0.3, 0.4) is 0 Å². The van der Waals surface area contributed by atoms with E-state index in [0.717, 1.165) is 42.3 Å². The van der Waals surface area contributed by atoms with Crippen LogP contribution < -0.4 is 16.0 Å². The van der Waals surface area contributed by atoms with Gasteiger partial charge in [-0.3, -0.25) is 14.4 Å². The largest absolute Gasteiger partial charge is 0.366 e. The van der Waals surface area contributed by atoms with E-state index in [1.807, 2.05) is 43.3 Å². The maximum absolute atomic E-state index is 13.5. The molecule has 2 atom stereocenters. The molecule has 1 saturated heterocycles. The monoisotopic (exact) mass is 538 g/mol. The predicted octanol–water partition coefficient (Wildman–Crippen LogP) is 3.43. The van der Waals surface area contributed by atoms with Gasteiger partial charge in [-0.1, -0.05) is 56.3 Å². The summed E-state index contributed by atoms with van der Waals surface area (Å²) < 4.78 is 5.66. The molecule has 214 valence electrons. The standard InChI is InChI=1S/C31H46N4O4/c1-6-39-31(4,5)30(38)35-18-9-13-27(35)29(37)34-26(28(36)33-17-10-16-32-21-22(2)3)20-23-14-15-24-11-7-8-12-25(24)19-23/h7-8,11-12,14-15,19,22,26-27,32H,6,9-10,13,16-18,20-21H2,1-5H3,(H,33,36)(H,34,37)/t26-,27?/m1/s1. The zero-order valence-electron chi connectivity index (χ0n) is 24.2. The van der Waals surface area contributed by atoms with Crippen molar-refractivity contribution in [2.75, 3.05) is 32.8 Å². The molecule has 0 spiro atoms. The lowest BCUT2D eigenvalue weighted by Crippen LogP contribution is -2.56. The van der Waals surface area contributed by atoms with E-state index in [1.54, 1.807) is 18.7 Å². The van der Waals surface area contributed by atoms with Crippen LogP contribution in [-0.2, 0) is 25.5 Å². The molecule has 39 heavy (non-hydrogen) atoms. The van der Waals surface area contributed by atoms with Crippen LogP contribution in [-0.4, -0.2) is 73.1 Å². The van der Waals surface area contributed by atoms with Gasteiger partial charge >= 0.3 is 0 Å². The van der Waals surface area contributed by atoms with Gasteiger partial charge in [-0.2, -0.15) is 0 Å². The van der Waals surface area contributed by atoms with Gasteiger partial charge in [-0.05, 0) is 75.4 Å². The molecule has 1 unspecified atom stereocenters. The summed E-state index contributed by atoms with van der Waals surface area (Å²) in [6.07, 6.45) is 2.45. The molecule has 3 rings (SSSR count). The Labute approximate surface area is 233 Å². The number of nitrogens with one attached hydrogen (secondary N) is 3. The number of carbonyl (C=O) groups excluding carboxylic acids is 3. The summed E-state index contributed by atoms with van der Waals surface area (Å²) in [5.74, 6) is -0.146. The Morgan fingerprint density at radius 1 is 1.08 bits per heavy atom. The molecule has 1 aliphatic heterocycles. The van der Waals surface area contributed by atoms with Crippen LogP contribution >= 0.6 is 0 Å². The summed E-state index contributed by atoms with van der Waals surface area (Å²) >= 11 is 0. The average molecular weight is 539 g/mol. The molecule has 0 aliphatic carbocycles. The zero-order valence-corrected chi connectivity index (χ0v) is 24.2. The lowest BCUT2D eigenvalue weighted by Gasteiger charge is -2.33. The lowest BCUT2D eigenvalue weighted by molar-refractivity contribution is -0.157. The molecule has 0 radical (unpaired) electrons. The summed E-state index contributed by atoms with van der Waals surface area (Å²) in [7, 11) is 0. The second kappa shape index (κ2) is 14.4. The third kappa shape index (κ3) is 8.77. The molecule has 0 aromatic heterocycles. The summed E-state index contributed by atoms with van der Waals surface area (Å²) in [6, 6.07) is 12.8. The van der Waals surface area contributed by atoms with Crippen LogP contribution in [0.25, 0.3) is 10.8 Å². The molecule has 1 fully saturated rings. The van der Waals surface area contributed by atoms with Crippen molar-refractivity contribution in [3.05, 3.63) is 48.0 Å². The van der Waals surface area contributed by atoms with Gasteiger partial charge < -0.3 is 25.6 Å². The first-order valence-electron chi connectivity index (χ1n) is 14.3. The first-order chi connectivity index (χ1) is 18.6. The second-order valence-electron chi connectivity index (χ2n) is 11.3. The Balaban J connectivity index is 1.71. The lowest BCUT2D eigenvalue weighted by atomic mass is 10.0. The third-order valence-electron chi connectivity index (χ3n) is 7.11.